The second-order valence-corrected chi connectivity index (χ2v) is 8.67. The summed E-state index contributed by atoms with van der Waals surface area (Å²) in [6.45, 7) is 2.83. The molecule has 3 aromatic carbocycles. The van der Waals surface area contributed by atoms with Gasteiger partial charge in [0.15, 0.2) is 0 Å². The zero-order valence-electron chi connectivity index (χ0n) is 18.5. The highest BCUT2D eigenvalue weighted by Crippen LogP contribution is 2.26. The van der Waals surface area contributed by atoms with Crippen LogP contribution >= 0.6 is 23.2 Å². The van der Waals surface area contributed by atoms with Gasteiger partial charge in [-0.3, -0.25) is 4.79 Å². The molecule has 1 aliphatic rings. The Hall–Kier alpha value is -3.46. The van der Waals surface area contributed by atoms with Crippen molar-refractivity contribution in [3.63, 3.8) is 0 Å². The van der Waals surface area contributed by atoms with E-state index in [1.165, 1.54) is 0 Å². The number of piperazine rings is 1. The molecule has 0 aromatic heterocycles. The van der Waals surface area contributed by atoms with Crippen LogP contribution in [0.4, 0.5) is 5.69 Å². The van der Waals surface area contributed by atoms with Gasteiger partial charge in [0.05, 0.1) is 10.0 Å². The third-order valence-electron chi connectivity index (χ3n) is 5.64. The van der Waals surface area contributed by atoms with Crippen molar-refractivity contribution in [1.29, 1.82) is 5.26 Å². The Morgan fingerprint density at radius 3 is 2.35 bits per heavy atom. The van der Waals surface area contributed by atoms with Gasteiger partial charge in [-0.25, -0.2) is 0 Å². The molecule has 0 N–H and O–H groups in total. The first-order chi connectivity index (χ1) is 16.5. The van der Waals surface area contributed by atoms with Crippen molar-refractivity contribution in [3.8, 4) is 11.8 Å². The number of halogens is 2. The number of nitrogens with zero attached hydrogens (tertiary/aromatic N) is 3. The molecule has 1 heterocycles. The van der Waals surface area contributed by atoms with E-state index < -0.39 is 0 Å². The van der Waals surface area contributed by atoms with Gasteiger partial charge in [-0.15, -0.1) is 0 Å². The number of amides is 1. The third kappa shape index (κ3) is 5.72. The molecule has 7 heteroatoms. The number of hydrogen-bond acceptors (Lipinski definition) is 4. The van der Waals surface area contributed by atoms with Crippen LogP contribution in [0, 0.1) is 11.3 Å². The average Bonchev–Trinajstić information content (AvgIpc) is 2.88. The molecule has 0 saturated carbocycles. The van der Waals surface area contributed by atoms with E-state index in [-0.39, 0.29) is 18.1 Å². The number of anilines is 1. The molecule has 1 amide bonds. The summed E-state index contributed by atoms with van der Waals surface area (Å²) in [6, 6.07) is 24.8. The fourth-order valence-corrected chi connectivity index (χ4v) is 4.12. The number of carbonyl (C=O) groups excluding carboxylic acids is 1. The quantitative estimate of drug-likeness (QED) is 0.321. The van der Waals surface area contributed by atoms with E-state index in [1.54, 1.807) is 23.1 Å². The number of rotatable bonds is 6. The summed E-state index contributed by atoms with van der Waals surface area (Å²) in [5.74, 6) is 0.303. The van der Waals surface area contributed by atoms with Crippen LogP contribution in [0.15, 0.2) is 78.4 Å². The fraction of sp³-hybridized carbons (Fsp3) is 0.185. The average molecular weight is 492 g/mol. The van der Waals surface area contributed by atoms with Crippen LogP contribution in [0.1, 0.15) is 11.1 Å². The smallest absolute Gasteiger partial charge is 0.264 e. The Morgan fingerprint density at radius 1 is 0.941 bits per heavy atom. The predicted molar refractivity (Wildman–Crippen MR) is 136 cm³/mol. The molecule has 1 aliphatic heterocycles. The van der Waals surface area contributed by atoms with Gasteiger partial charge in [-0.05, 0) is 42.0 Å². The van der Waals surface area contributed by atoms with Gasteiger partial charge in [-0.2, -0.15) is 5.26 Å². The number of benzene rings is 3. The standard InChI is InChI=1S/C27H23Cl2N3O2/c28-24-11-10-20(16-25(24)29)19-34-26-9-5-4-6-21(26)17-22(18-30)27(33)32-14-12-31(13-15-32)23-7-2-1-3-8-23/h1-11,16-17H,12-15,19H2/b22-17-. The van der Waals surface area contributed by atoms with Crippen LogP contribution in [0.3, 0.4) is 0 Å². The van der Waals surface area contributed by atoms with E-state index in [4.69, 9.17) is 27.9 Å². The maximum atomic E-state index is 13.1. The number of carbonyl (C=O) groups is 1. The second kappa shape index (κ2) is 11.1. The molecule has 3 aromatic rings. The van der Waals surface area contributed by atoms with Crippen LogP contribution in [0.2, 0.25) is 10.0 Å². The minimum absolute atomic E-state index is 0.0822. The van der Waals surface area contributed by atoms with Crippen molar-refractivity contribution >= 4 is 40.9 Å². The highest BCUT2D eigenvalue weighted by atomic mass is 35.5. The molecule has 1 saturated heterocycles. The number of para-hydroxylation sites is 2. The van der Waals surface area contributed by atoms with Gasteiger partial charge in [0.2, 0.25) is 0 Å². The molecule has 0 atom stereocenters. The summed E-state index contributed by atoms with van der Waals surface area (Å²) in [5.41, 5.74) is 2.74. The Morgan fingerprint density at radius 2 is 1.65 bits per heavy atom. The molecular formula is C27H23Cl2N3O2. The van der Waals surface area contributed by atoms with E-state index in [2.05, 4.69) is 23.1 Å². The van der Waals surface area contributed by atoms with Gasteiger partial charge < -0.3 is 14.5 Å². The molecule has 4 rings (SSSR count). The lowest BCUT2D eigenvalue weighted by atomic mass is 10.1. The minimum atomic E-state index is -0.269. The summed E-state index contributed by atoms with van der Waals surface area (Å²) < 4.78 is 5.96. The summed E-state index contributed by atoms with van der Waals surface area (Å²) in [7, 11) is 0. The molecule has 0 aliphatic carbocycles. The van der Waals surface area contributed by atoms with Crippen molar-refractivity contribution < 1.29 is 9.53 Å². The lowest BCUT2D eigenvalue weighted by Crippen LogP contribution is -2.49. The topological polar surface area (TPSA) is 56.6 Å². The van der Waals surface area contributed by atoms with Crippen LogP contribution in [-0.4, -0.2) is 37.0 Å². The molecule has 0 bridgehead atoms. The highest BCUT2D eigenvalue weighted by molar-refractivity contribution is 6.42. The van der Waals surface area contributed by atoms with Crippen molar-refractivity contribution in [3.05, 3.63) is 99.5 Å². The van der Waals surface area contributed by atoms with Crippen molar-refractivity contribution in [2.24, 2.45) is 0 Å². The van der Waals surface area contributed by atoms with E-state index in [1.807, 2.05) is 48.5 Å². The second-order valence-electron chi connectivity index (χ2n) is 7.86. The first-order valence-electron chi connectivity index (χ1n) is 10.9. The lowest BCUT2D eigenvalue weighted by Gasteiger charge is -2.36. The summed E-state index contributed by atoms with van der Waals surface area (Å²) in [4.78, 5) is 17.1. The Kier molecular flexibility index (Phi) is 7.74. The molecular weight excluding hydrogens is 469 g/mol. The molecule has 5 nitrogen and oxygen atoms in total. The number of hydrogen-bond donors (Lipinski definition) is 0. The Balaban J connectivity index is 1.44. The largest absolute Gasteiger partial charge is 0.488 e. The van der Waals surface area contributed by atoms with E-state index in [0.717, 1.165) is 24.3 Å². The van der Waals surface area contributed by atoms with Gasteiger partial charge in [-0.1, -0.05) is 65.7 Å². The predicted octanol–water partition coefficient (Wildman–Crippen LogP) is 5.83. The van der Waals surface area contributed by atoms with Gasteiger partial charge >= 0.3 is 0 Å². The zero-order chi connectivity index (χ0) is 23.9. The molecule has 0 unspecified atom stereocenters. The van der Waals surface area contributed by atoms with Gasteiger partial charge in [0, 0.05) is 37.4 Å². The van der Waals surface area contributed by atoms with Crippen LogP contribution in [0.5, 0.6) is 5.75 Å². The van der Waals surface area contributed by atoms with Gasteiger partial charge in [0.1, 0.15) is 24.0 Å². The SMILES string of the molecule is N#C/C(=C/c1ccccc1OCc1ccc(Cl)c(Cl)c1)C(=O)N1CCN(c2ccccc2)CC1. The van der Waals surface area contributed by atoms with E-state index in [0.29, 0.717) is 34.4 Å². The van der Waals surface area contributed by atoms with Gasteiger partial charge in [0.25, 0.3) is 5.91 Å². The lowest BCUT2D eigenvalue weighted by molar-refractivity contribution is -0.126. The summed E-state index contributed by atoms with van der Waals surface area (Å²) in [5, 5.41) is 10.7. The van der Waals surface area contributed by atoms with Crippen molar-refractivity contribution in [2.45, 2.75) is 6.61 Å². The van der Waals surface area contributed by atoms with Crippen LogP contribution in [0.25, 0.3) is 6.08 Å². The summed E-state index contributed by atoms with van der Waals surface area (Å²) >= 11 is 12.1. The zero-order valence-corrected chi connectivity index (χ0v) is 20.0. The first-order valence-corrected chi connectivity index (χ1v) is 11.7. The third-order valence-corrected chi connectivity index (χ3v) is 6.38. The molecule has 172 valence electrons. The fourth-order valence-electron chi connectivity index (χ4n) is 3.80. The first kappa shape index (κ1) is 23.7. The summed E-state index contributed by atoms with van der Waals surface area (Å²) in [6.07, 6.45) is 1.59. The monoisotopic (exact) mass is 491 g/mol. The Bertz CT molecular complexity index is 1230. The van der Waals surface area contributed by atoms with E-state index in [9.17, 15) is 10.1 Å². The normalized spacial score (nSPS) is 14.0. The maximum absolute atomic E-state index is 13.1. The highest BCUT2D eigenvalue weighted by Gasteiger charge is 2.24. The van der Waals surface area contributed by atoms with Crippen molar-refractivity contribution in [1.82, 2.24) is 4.90 Å². The molecule has 0 radical (unpaired) electrons. The van der Waals surface area contributed by atoms with E-state index >= 15 is 0 Å². The minimum Gasteiger partial charge on any atom is -0.488 e. The molecule has 1 fully saturated rings. The number of ether oxygens (including phenoxy) is 1. The maximum Gasteiger partial charge on any atom is 0.264 e. The van der Waals surface area contributed by atoms with Crippen molar-refractivity contribution in [2.75, 3.05) is 31.1 Å². The molecule has 0 spiro atoms. The van der Waals surface area contributed by atoms with Crippen LogP contribution < -0.4 is 9.64 Å². The van der Waals surface area contributed by atoms with Crippen LogP contribution in [-0.2, 0) is 11.4 Å². The number of nitriles is 1. The molecule has 34 heavy (non-hydrogen) atoms. The Labute approximate surface area is 209 Å².